The molecule has 1 unspecified atom stereocenters. The van der Waals surface area contributed by atoms with Gasteiger partial charge >= 0.3 is 0 Å². The van der Waals surface area contributed by atoms with Crippen molar-refractivity contribution in [1.29, 1.82) is 0 Å². The minimum Gasteiger partial charge on any atom is -0.324 e. The van der Waals surface area contributed by atoms with Gasteiger partial charge in [-0.25, -0.2) is 0 Å². The summed E-state index contributed by atoms with van der Waals surface area (Å²) in [5, 5.41) is 0. The van der Waals surface area contributed by atoms with Crippen LogP contribution >= 0.6 is 0 Å². The van der Waals surface area contributed by atoms with E-state index in [4.69, 9.17) is 5.73 Å². The molecule has 0 aliphatic carbocycles. The van der Waals surface area contributed by atoms with Crippen molar-refractivity contribution in [3.63, 3.8) is 0 Å². The molecule has 2 N–H and O–H groups in total. The van der Waals surface area contributed by atoms with Crippen molar-refractivity contribution in [2.24, 2.45) is 5.73 Å². The van der Waals surface area contributed by atoms with Crippen molar-refractivity contribution in [2.45, 2.75) is 46.1 Å². The Balaban J connectivity index is 3.83. The summed E-state index contributed by atoms with van der Waals surface area (Å²) in [5.74, 6) is 0. The van der Waals surface area contributed by atoms with E-state index in [0.717, 1.165) is 19.5 Å². The van der Waals surface area contributed by atoms with E-state index in [1.807, 2.05) is 0 Å². The van der Waals surface area contributed by atoms with E-state index in [1.165, 1.54) is 13.0 Å². The Morgan fingerprint density at radius 1 is 1.25 bits per heavy atom. The molecule has 0 radical (unpaired) electrons. The molecule has 0 rings (SSSR count). The number of likely N-dealkylation sites (N-methyl/N-ethyl adjacent to an activating group) is 1. The molecule has 0 aliphatic heterocycles. The van der Waals surface area contributed by atoms with E-state index in [-0.39, 0.29) is 5.54 Å². The van der Waals surface area contributed by atoms with Crippen LogP contribution in [0.1, 0.15) is 40.5 Å². The number of hydrogen-bond donors (Lipinski definition) is 1. The second-order valence-electron chi connectivity index (χ2n) is 3.88. The number of hydrogen-bond acceptors (Lipinski definition) is 2. The van der Waals surface area contributed by atoms with Gasteiger partial charge in [-0.1, -0.05) is 20.8 Å². The Bertz CT molecular complexity index is 110. The van der Waals surface area contributed by atoms with Gasteiger partial charge in [0.1, 0.15) is 0 Å². The van der Waals surface area contributed by atoms with Crippen molar-refractivity contribution in [3.8, 4) is 0 Å². The first-order valence-electron chi connectivity index (χ1n) is 5.07. The molecule has 0 amide bonds. The largest absolute Gasteiger partial charge is 0.324 e. The smallest absolute Gasteiger partial charge is 0.0252 e. The first-order valence-corrected chi connectivity index (χ1v) is 5.07. The monoisotopic (exact) mass is 172 g/mol. The zero-order valence-corrected chi connectivity index (χ0v) is 9.06. The Labute approximate surface area is 77.1 Å². The standard InChI is InChI=1S/C10H24N2/c1-5-8-12(7-3)9-10(4,11)6-2/h5-9,11H2,1-4H3. The predicted molar refractivity (Wildman–Crippen MR) is 55.3 cm³/mol. The fourth-order valence-corrected chi connectivity index (χ4v) is 1.29. The summed E-state index contributed by atoms with van der Waals surface area (Å²) in [7, 11) is 0. The molecular weight excluding hydrogens is 148 g/mol. The number of nitrogens with zero attached hydrogens (tertiary/aromatic N) is 1. The van der Waals surface area contributed by atoms with Crippen LogP contribution in [0.2, 0.25) is 0 Å². The van der Waals surface area contributed by atoms with Crippen molar-refractivity contribution in [3.05, 3.63) is 0 Å². The molecule has 0 aromatic heterocycles. The van der Waals surface area contributed by atoms with Crippen molar-refractivity contribution in [1.82, 2.24) is 4.90 Å². The molecule has 0 aliphatic rings. The van der Waals surface area contributed by atoms with Gasteiger partial charge in [-0.05, 0) is 32.9 Å². The van der Waals surface area contributed by atoms with Crippen LogP contribution in [-0.2, 0) is 0 Å². The summed E-state index contributed by atoms with van der Waals surface area (Å²) in [6.45, 7) is 12.0. The zero-order valence-electron chi connectivity index (χ0n) is 9.06. The third-order valence-electron chi connectivity index (χ3n) is 2.38. The van der Waals surface area contributed by atoms with Gasteiger partial charge < -0.3 is 10.6 Å². The molecule has 0 heterocycles. The molecule has 0 aromatic rings. The molecular formula is C10H24N2. The van der Waals surface area contributed by atoms with Crippen LogP contribution in [0, 0.1) is 0 Å². The van der Waals surface area contributed by atoms with Crippen molar-refractivity contribution >= 4 is 0 Å². The van der Waals surface area contributed by atoms with Crippen LogP contribution in [0.3, 0.4) is 0 Å². The highest BCUT2D eigenvalue weighted by molar-refractivity contribution is 4.80. The maximum atomic E-state index is 6.08. The maximum Gasteiger partial charge on any atom is 0.0252 e. The van der Waals surface area contributed by atoms with Gasteiger partial charge in [0.2, 0.25) is 0 Å². The summed E-state index contributed by atoms with van der Waals surface area (Å²) in [4.78, 5) is 2.42. The number of nitrogens with two attached hydrogens (primary N) is 1. The van der Waals surface area contributed by atoms with E-state index >= 15 is 0 Å². The molecule has 0 aromatic carbocycles. The van der Waals surface area contributed by atoms with Crippen LogP contribution in [0.4, 0.5) is 0 Å². The highest BCUT2D eigenvalue weighted by Crippen LogP contribution is 2.07. The molecule has 0 saturated heterocycles. The van der Waals surface area contributed by atoms with Gasteiger partial charge in [0.15, 0.2) is 0 Å². The highest BCUT2D eigenvalue weighted by Gasteiger charge is 2.18. The Morgan fingerprint density at radius 2 is 1.83 bits per heavy atom. The van der Waals surface area contributed by atoms with E-state index in [2.05, 4.69) is 32.6 Å². The quantitative estimate of drug-likeness (QED) is 0.662. The van der Waals surface area contributed by atoms with Gasteiger partial charge in [0.05, 0.1) is 0 Å². The van der Waals surface area contributed by atoms with Crippen LogP contribution < -0.4 is 5.73 Å². The minimum atomic E-state index is -0.00875. The van der Waals surface area contributed by atoms with Gasteiger partial charge in [-0.2, -0.15) is 0 Å². The molecule has 0 saturated carbocycles. The van der Waals surface area contributed by atoms with E-state index < -0.39 is 0 Å². The van der Waals surface area contributed by atoms with Crippen LogP contribution in [0.25, 0.3) is 0 Å². The SMILES string of the molecule is CCCN(CC)CC(C)(N)CC. The third kappa shape index (κ3) is 4.73. The van der Waals surface area contributed by atoms with Gasteiger partial charge in [-0.15, -0.1) is 0 Å². The number of rotatable bonds is 6. The molecule has 1 atom stereocenters. The van der Waals surface area contributed by atoms with Crippen molar-refractivity contribution in [2.75, 3.05) is 19.6 Å². The Morgan fingerprint density at radius 3 is 2.17 bits per heavy atom. The molecule has 0 fully saturated rings. The summed E-state index contributed by atoms with van der Waals surface area (Å²) in [6.07, 6.45) is 2.26. The normalized spacial score (nSPS) is 16.5. The molecule has 2 nitrogen and oxygen atoms in total. The van der Waals surface area contributed by atoms with Gasteiger partial charge in [-0.3, -0.25) is 0 Å². The van der Waals surface area contributed by atoms with E-state index in [1.54, 1.807) is 0 Å². The van der Waals surface area contributed by atoms with Crippen LogP contribution in [0.5, 0.6) is 0 Å². The van der Waals surface area contributed by atoms with Crippen LogP contribution in [-0.4, -0.2) is 30.1 Å². The van der Waals surface area contributed by atoms with Crippen molar-refractivity contribution < 1.29 is 0 Å². The summed E-state index contributed by atoms with van der Waals surface area (Å²) < 4.78 is 0. The lowest BCUT2D eigenvalue weighted by Crippen LogP contribution is -2.47. The zero-order chi connectivity index (χ0) is 9.61. The molecule has 0 bridgehead atoms. The fourth-order valence-electron chi connectivity index (χ4n) is 1.29. The lowest BCUT2D eigenvalue weighted by molar-refractivity contribution is 0.223. The second-order valence-corrected chi connectivity index (χ2v) is 3.88. The summed E-state index contributed by atoms with van der Waals surface area (Å²) >= 11 is 0. The second kappa shape index (κ2) is 5.55. The first kappa shape index (κ1) is 11.9. The predicted octanol–water partition coefficient (Wildman–Crippen LogP) is 1.85. The Hall–Kier alpha value is -0.0800. The lowest BCUT2D eigenvalue weighted by Gasteiger charge is -2.30. The fraction of sp³-hybridized carbons (Fsp3) is 1.00. The van der Waals surface area contributed by atoms with E-state index in [9.17, 15) is 0 Å². The Kier molecular flexibility index (Phi) is 5.51. The molecule has 0 spiro atoms. The lowest BCUT2D eigenvalue weighted by atomic mass is 10.00. The van der Waals surface area contributed by atoms with E-state index in [0.29, 0.717) is 0 Å². The van der Waals surface area contributed by atoms with Gasteiger partial charge in [0, 0.05) is 12.1 Å². The van der Waals surface area contributed by atoms with Crippen LogP contribution in [0.15, 0.2) is 0 Å². The molecule has 2 heteroatoms. The summed E-state index contributed by atoms with van der Waals surface area (Å²) in [5.41, 5.74) is 6.07. The molecule has 74 valence electrons. The minimum absolute atomic E-state index is 0.00875. The van der Waals surface area contributed by atoms with Gasteiger partial charge in [0.25, 0.3) is 0 Å². The average Bonchev–Trinajstić information content (AvgIpc) is 2.03. The average molecular weight is 172 g/mol. The topological polar surface area (TPSA) is 29.3 Å². The summed E-state index contributed by atoms with van der Waals surface area (Å²) in [6, 6.07) is 0. The maximum absolute atomic E-state index is 6.08. The first-order chi connectivity index (χ1) is 5.55. The highest BCUT2D eigenvalue weighted by atomic mass is 15.1. The molecule has 12 heavy (non-hydrogen) atoms. The third-order valence-corrected chi connectivity index (χ3v) is 2.38.